The summed E-state index contributed by atoms with van der Waals surface area (Å²) in [5.41, 5.74) is 1.85. The van der Waals surface area contributed by atoms with E-state index in [0.717, 1.165) is 11.1 Å². The summed E-state index contributed by atoms with van der Waals surface area (Å²) in [5.74, 6) is 1.10. The molecule has 6 nitrogen and oxygen atoms in total. The number of nitrogens with zero attached hydrogens (tertiary/aromatic N) is 4. The van der Waals surface area contributed by atoms with Gasteiger partial charge in [-0.3, -0.25) is 9.78 Å². The van der Waals surface area contributed by atoms with Gasteiger partial charge in [0.05, 0.1) is 0 Å². The summed E-state index contributed by atoms with van der Waals surface area (Å²) in [6.45, 7) is 4.01. The lowest BCUT2D eigenvalue weighted by Crippen LogP contribution is -2.26. The summed E-state index contributed by atoms with van der Waals surface area (Å²) in [6.07, 6.45) is 6.00. The number of aromatic nitrogens is 3. The topological polar surface area (TPSA) is 72.1 Å². The van der Waals surface area contributed by atoms with Crippen LogP contribution >= 0.6 is 0 Å². The van der Waals surface area contributed by atoms with Crippen molar-refractivity contribution in [3.05, 3.63) is 41.8 Å². The highest BCUT2D eigenvalue weighted by molar-refractivity contribution is 5.76. The van der Waals surface area contributed by atoms with Gasteiger partial charge in [0.2, 0.25) is 5.91 Å². The number of carbonyl (C=O) groups excluding carboxylic acids is 1. The fourth-order valence-corrected chi connectivity index (χ4v) is 1.71. The molecule has 0 aromatic carbocycles. The van der Waals surface area contributed by atoms with Crippen LogP contribution in [0.1, 0.15) is 31.1 Å². The van der Waals surface area contributed by atoms with E-state index in [-0.39, 0.29) is 5.91 Å². The highest BCUT2D eigenvalue weighted by Crippen LogP contribution is 2.15. The van der Waals surface area contributed by atoms with Gasteiger partial charge in [0.15, 0.2) is 5.82 Å². The first kappa shape index (κ1) is 14.9. The van der Waals surface area contributed by atoms with Gasteiger partial charge in [0.25, 0.3) is 5.89 Å². The Balaban J connectivity index is 2.02. The number of hydrogen-bond donors (Lipinski definition) is 0. The maximum atomic E-state index is 11.1. The van der Waals surface area contributed by atoms with Crippen LogP contribution in [0.25, 0.3) is 11.6 Å². The van der Waals surface area contributed by atoms with Crippen LogP contribution in [0.15, 0.2) is 29.0 Å². The van der Waals surface area contributed by atoms with E-state index in [9.17, 15) is 4.79 Å². The lowest BCUT2D eigenvalue weighted by atomic mass is 10.2. The average molecular weight is 286 g/mol. The van der Waals surface area contributed by atoms with Gasteiger partial charge in [-0.1, -0.05) is 11.2 Å². The molecular formula is C15H18N4O2. The molecule has 2 rings (SSSR count). The summed E-state index contributed by atoms with van der Waals surface area (Å²) in [6, 6.07) is 3.82. The molecule has 0 saturated heterocycles. The van der Waals surface area contributed by atoms with Crippen molar-refractivity contribution in [1.29, 1.82) is 0 Å². The third-order valence-corrected chi connectivity index (χ3v) is 3.08. The summed E-state index contributed by atoms with van der Waals surface area (Å²) < 4.78 is 5.24. The van der Waals surface area contributed by atoms with Crippen LogP contribution in [-0.4, -0.2) is 39.5 Å². The number of rotatable bonds is 5. The number of pyridine rings is 1. The second-order valence-electron chi connectivity index (χ2n) is 4.82. The quantitative estimate of drug-likeness (QED) is 0.841. The van der Waals surface area contributed by atoms with Crippen molar-refractivity contribution in [3.8, 4) is 0 Å². The molecule has 0 bridgehead atoms. The Kier molecular flexibility index (Phi) is 4.81. The summed E-state index contributed by atoms with van der Waals surface area (Å²) in [5, 5.41) is 3.93. The van der Waals surface area contributed by atoms with Gasteiger partial charge in [-0.15, -0.1) is 0 Å². The lowest BCUT2D eigenvalue weighted by Gasteiger charge is -2.12. The molecule has 110 valence electrons. The minimum Gasteiger partial charge on any atom is -0.346 e. The first-order valence-electron chi connectivity index (χ1n) is 6.69. The molecule has 0 radical (unpaired) electrons. The number of allylic oxidation sites excluding steroid dienone is 1. The van der Waals surface area contributed by atoms with Crippen LogP contribution < -0.4 is 0 Å². The van der Waals surface area contributed by atoms with E-state index in [1.807, 2.05) is 25.1 Å². The predicted molar refractivity (Wildman–Crippen MR) is 79.1 cm³/mol. The maximum Gasteiger partial charge on any atom is 0.253 e. The molecule has 0 saturated carbocycles. The fraction of sp³-hybridized carbons (Fsp3) is 0.333. The van der Waals surface area contributed by atoms with Gasteiger partial charge in [0.1, 0.15) is 0 Å². The Morgan fingerprint density at radius 1 is 1.43 bits per heavy atom. The van der Waals surface area contributed by atoms with Crippen molar-refractivity contribution in [3.63, 3.8) is 0 Å². The zero-order chi connectivity index (χ0) is 15.2. The zero-order valence-corrected chi connectivity index (χ0v) is 12.4. The second kappa shape index (κ2) is 6.78. The van der Waals surface area contributed by atoms with Crippen molar-refractivity contribution in [2.45, 2.75) is 20.3 Å². The molecule has 0 aliphatic heterocycles. The molecule has 2 heterocycles. The van der Waals surface area contributed by atoms with Gasteiger partial charge in [-0.05, 0) is 24.6 Å². The Bertz CT molecular complexity index is 634. The lowest BCUT2D eigenvalue weighted by molar-refractivity contribution is -0.127. The van der Waals surface area contributed by atoms with Gasteiger partial charge in [0, 0.05) is 44.9 Å². The molecule has 6 heteroatoms. The molecule has 2 aromatic rings. The average Bonchev–Trinajstić information content (AvgIpc) is 2.94. The maximum absolute atomic E-state index is 11.1. The standard InChI is InChI=1S/C15H18N4O2/c1-11(9-13-5-4-7-16-10-13)15-17-14(18-21-15)6-8-19(3)12(2)20/h4-5,7,9-10H,6,8H2,1-3H3/b11-9+. The minimum absolute atomic E-state index is 0.0198. The molecular weight excluding hydrogens is 268 g/mol. The van der Waals surface area contributed by atoms with Crippen molar-refractivity contribution >= 4 is 17.6 Å². The molecule has 0 N–H and O–H groups in total. The molecule has 0 atom stereocenters. The van der Waals surface area contributed by atoms with Gasteiger partial charge < -0.3 is 9.42 Å². The van der Waals surface area contributed by atoms with Crippen LogP contribution in [0.3, 0.4) is 0 Å². The monoisotopic (exact) mass is 286 g/mol. The molecule has 21 heavy (non-hydrogen) atoms. The molecule has 2 aromatic heterocycles. The highest BCUT2D eigenvalue weighted by atomic mass is 16.5. The normalized spacial score (nSPS) is 11.5. The third-order valence-electron chi connectivity index (χ3n) is 3.08. The molecule has 0 aliphatic rings. The van der Waals surface area contributed by atoms with E-state index >= 15 is 0 Å². The summed E-state index contributed by atoms with van der Waals surface area (Å²) in [7, 11) is 1.75. The van der Waals surface area contributed by atoms with Crippen LogP contribution in [0.2, 0.25) is 0 Å². The number of amides is 1. The SMILES string of the molecule is CC(=O)N(C)CCc1noc(/C(C)=C/c2cccnc2)n1. The number of likely N-dealkylation sites (N-methyl/N-ethyl adjacent to an activating group) is 1. The van der Waals surface area contributed by atoms with E-state index in [2.05, 4.69) is 15.1 Å². The van der Waals surface area contributed by atoms with E-state index in [1.165, 1.54) is 6.92 Å². The summed E-state index contributed by atoms with van der Waals surface area (Å²) in [4.78, 5) is 21.1. The Morgan fingerprint density at radius 2 is 2.24 bits per heavy atom. The molecule has 0 unspecified atom stereocenters. The minimum atomic E-state index is 0.0198. The van der Waals surface area contributed by atoms with Gasteiger partial charge >= 0.3 is 0 Å². The molecule has 0 spiro atoms. The third kappa shape index (κ3) is 4.24. The fourth-order valence-electron chi connectivity index (χ4n) is 1.71. The van der Waals surface area contributed by atoms with E-state index in [4.69, 9.17) is 4.52 Å². The number of carbonyl (C=O) groups is 1. The Hall–Kier alpha value is -2.50. The Morgan fingerprint density at radius 3 is 2.90 bits per heavy atom. The molecule has 1 amide bonds. The molecule has 0 aliphatic carbocycles. The smallest absolute Gasteiger partial charge is 0.253 e. The van der Waals surface area contributed by atoms with Gasteiger partial charge in [-0.25, -0.2) is 0 Å². The van der Waals surface area contributed by atoms with Crippen LogP contribution in [0.4, 0.5) is 0 Å². The zero-order valence-electron chi connectivity index (χ0n) is 12.4. The van der Waals surface area contributed by atoms with E-state index < -0.39 is 0 Å². The first-order valence-corrected chi connectivity index (χ1v) is 6.69. The van der Waals surface area contributed by atoms with Crippen molar-refractivity contribution in [2.24, 2.45) is 0 Å². The van der Waals surface area contributed by atoms with Crippen molar-refractivity contribution < 1.29 is 9.32 Å². The van der Waals surface area contributed by atoms with Crippen molar-refractivity contribution in [2.75, 3.05) is 13.6 Å². The largest absolute Gasteiger partial charge is 0.346 e. The van der Waals surface area contributed by atoms with Crippen LogP contribution in [0.5, 0.6) is 0 Å². The first-order chi connectivity index (χ1) is 10.1. The highest BCUT2D eigenvalue weighted by Gasteiger charge is 2.10. The van der Waals surface area contributed by atoms with E-state index in [0.29, 0.717) is 24.7 Å². The molecule has 0 fully saturated rings. The summed E-state index contributed by atoms with van der Waals surface area (Å²) >= 11 is 0. The van der Waals surface area contributed by atoms with Gasteiger partial charge in [-0.2, -0.15) is 4.98 Å². The predicted octanol–water partition coefficient (Wildman–Crippen LogP) is 2.05. The Labute approximate surface area is 123 Å². The number of hydrogen-bond acceptors (Lipinski definition) is 5. The van der Waals surface area contributed by atoms with Crippen molar-refractivity contribution in [1.82, 2.24) is 20.0 Å². The van der Waals surface area contributed by atoms with Crippen LogP contribution in [-0.2, 0) is 11.2 Å². The van der Waals surface area contributed by atoms with E-state index in [1.54, 1.807) is 24.3 Å². The van der Waals surface area contributed by atoms with Crippen LogP contribution in [0, 0.1) is 0 Å². The second-order valence-corrected chi connectivity index (χ2v) is 4.82.